The van der Waals surface area contributed by atoms with E-state index in [-0.39, 0.29) is 24.5 Å². The Hall–Kier alpha value is -2.66. The second-order valence-electron chi connectivity index (χ2n) is 7.70. The Morgan fingerprint density at radius 2 is 1.93 bits per heavy atom. The topological polar surface area (TPSA) is 58.6 Å². The zero-order valence-corrected chi connectivity index (χ0v) is 16.2. The molecule has 2 aromatic carbocycles. The third-order valence-corrected chi connectivity index (χ3v) is 6.00. The van der Waals surface area contributed by atoms with Gasteiger partial charge >= 0.3 is 0 Å². The molecular weight excluding hydrogens is 352 g/mol. The fourth-order valence-corrected chi connectivity index (χ4v) is 4.37. The van der Waals surface area contributed by atoms with Crippen molar-refractivity contribution in [1.82, 2.24) is 10.2 Å². The molecule has 146 valence electrons. The summed E-state index contributed by atoms with van der Waals surface area (Å²) in [4.78, 5) is 26.8. The summed E-state index contributed by atoms with van der Waals surface area (Å²) in [5.41, 5.74) is 2.92. The molecular formula is C23H26N2O3. The third-order valence-electron chi connectivity index (χ3n) is 6.00. The van der Waals surface area contributed by atoms with Crippen LogP contribution in [0.25, 0.3) is 0 Å². The standard InChI is InChI=1S/C23H26N2O3/c1-17-7-5-6-8-18(17)11-12-22(27)25-14-13-23(19-9-3-2-4-10-19)20(15-25)28-16-21(26)24-23/h2-10,20H,11-16H2,1H3,(H,24,26)/t20-,23+/m1/s1. The zero-order valence-electron chi connectivity index (χ0n) is 16.2. The number of hydrogen-bond donors (Lipinski definition) is 1. The molecule has 2 aliphatic heterocycles. The number of fused-ring (bicyclic) bond motifs is 1. The summed E-state index contributed by atoms with van der Waals surface area (Å²) >= 11 is 0. The van der Waals surface area contributed by atoms with Crippen LogP contribution in [0.1, 0.15) is 29.5 Å². The Labute approximate surface area is 165 Å². The molecule has 2 amide bonds. The molecule has 0 aliphatic carbocycles. The predicted molar refractivity (Wildman–Crippen MR) is 107 cm³/mol. The van der Waals surface area contributed by atoms with E-state index in [0.717, 1.165) is 12.0 Å². The number of likely N-dealkylation sites (tertiary alicyclic amines) is 1. The molecule has 5 nitrogen and oxygen atoms in total. The third kappa shape index (κ3) is 3.54. The molecule has 1 N–H and O–H groups in total. The molecule has 28 heavy (non-hydrogen) atoms. The van der Waals surface area contributed by atoms with Crippen molar-refractivity contribution in [2.24, 2.45) is 0 Å². The van der Waals surface area contributed by atoms with Gasteiger partial charge in [0, 0.05) is 19.5 Å². The van der Waals surface area contributed by atoms with Crippen molar-refractivity contribution in [1.29, 1.82) is 0 Å². The number of nitrogens with one attached hydrogen (secondary N) is 1. The summed E-state index contributed by atoms with van der Waals surface area (Å²) in [5, 5.41) is 3.17. The molecule has 2 heterocycles. The molecule has 5 heteroatoms. The van der Waals surface area contributed by atoms with Gasteiger partial charge in [-0.2, -0.15) is 0 Å². The number of piperidine rings is 1. The van der Waals surface area contributed by atoms with Crippen LogP contribution < -0.4 is 5.32 Å². The highest BCUT2D eigenvalue weighted by molar-refractivity contribution is 5.80. The second-order valence-corrected chi connectivity index (χ2v) is 7.70. The summed E-state index contributed by atoms with van der Waals surface area (Å²) in [7, 11) is 0. The first-order valence-electron chi connectivity index (χ1n) is 9.89. The van der Waals surface area contributed by atoms with Crippen molar-refractivity contribution in [3.05, 3.63) is 71.3 Å². The fraction of sp³-hybridized carbons (Fsp3) is 0.391. The van der Waals surface area contributed by atoms with Crippen LogP contribution in [0.5, 0.6) is 0 Å². The van der Waals surface area contributed by atoms with Gasteiger partial charge in [-0.3, -0.25) is 9.59 Å². The summed E-state index contributed by atoms with van der Waals surface area (Å²) in [6, 6.07) is 18.2. The molecule has 2 aromatic rings. The second kappa shape index (κ2) is 7.76. The largest absolute Gasteiger partial charge is 0.364 e. The SMILES string of the molecule is Cc1ccccc1CCC(=O)N1CC[C@@]2(c3ccccc3)NC(=O)CO[C@@H]2C1. The minimum Gasteiger partial charge on any atom is -0.364 e. The lowest BCUT2D eigenvalue weighted by atomic mass is 9.77. The van der Waals surface area contributed by atoms with Gasteiger partial charge in [-0.1, -0.05) is 54.6 Å². The van der Waals surface area contributed by atoms with Crippen LogP contribution in [0.15, 0.2) is 54.6 Å². The molecule has 2 saturated heterocycles. The van der Waals surface area contributed by atoms with Crippen LogP contribution in [-0.4, -0.2) is 42.5 Å². The van der Waals surface area contributed by atoms with E-state index in [1.807, 2.05) is 47.4 Å². The zero-order chi connectivity index (χ0) is 19.6. The number of carbonyl (C=O) groups is 2. The van der Waals surface area contributed by atoms with E-state index in [4.69, 9.17) is 4.74 Å². The summed E-state index contributed by atoms with van der Waals surface area (Å²) in [5.74, 6) is 0.0462. The first-order chi connectivity index (χ1) is 13.6. The molecule has 0 saturated carbocycles. The normalized spacial score (nSPS) is 24.4. The lowest BCUT2D eigenvalue weighted by molar-refractivity contribution is -0.157. The van der Waals surface area contributed by atoms with Crippen LogP contribution >= 0.6 is 0 Å². The van der Waals surface area contributed by atoms with Crippen molar-refractivity contribution in [2.75, 3.05) is 19.7 Å². The van der Waals surface area contributed by atoms with Crippen LogP contribution in [0.4, 0.5) is 0 Å². The van der Waals surface area contributed by atoms with Crippen molar-refractivity contribution < 1.29 is 14.3 Å². The molecule has 0 bridgehead atoms. The molecule has 4 rings (SSSR count). The number of ether oxygens (including phenoxy) is 1. The first-order valence-corrected chi connectivity index (χ1v) is 9.89. The van der Waals surface area contributed by atoms with Gasteiger partial charge in [0.25, 0.3) is 0 Å². The first kappa shape index (κ1) is 18.7. The minimum absolute atomic E-state index is 0.0461. The van der Waals surface area contributed by atoms with Crippen LogP contribution in [0, 0.1) is 6.92 Å². The maximum atomic E-state index is 12.8. The number of nitrogens with zero attached hydrogens (tertiary/aromatic N) is 1. The molecule has 2 aliphatic rings. The smallest absolute Gasteiger partial charge is 0.246 e. The lowest BCUT2D eigenvalue weighted by Crippen LogP contribution is -2.67. The molecule has 0 spiro atoms. The quantitative estimate of drug-likeness (QED) is 0.890. The number of hydrogen-bond acceptors (Lipinski definition) is 3. The van der Waals surface area contributed by atoms with Gasteiger partial charge in [0.15, 0.2) is 0 Å². The molecule has 0 radical (unpaired) electrons. The fourth-order valence-electron chi connectivity index (χ4n) is 4.37. The van der Waals surface area contributed by atoms with Crippen LogP contribution in [0.3, 0.4) is 0 Å². The molecule has 2 fully saturated rings. The van der Waals surface area contributed by atoms with E-state index in [0.29, 0.717) is 25.9 Å². The Bertz CT molecular complexity index is 867. The van der Waals surface area contributed by atoms with Crippen molar-refractivity contribution in [3.63, 3.8) is 0 Å². The van der Waals surface area contributed by atoms with E-state index >= 15 is 0 Å². The van der Waals surface area contributed by atoms with E-state index in [1.165, 1.54) is 11.1 Å². The maximum Gasteiger partial charge on any atom is 0.246 e. The van der Waals surface area contributed by atoms with E-state index in [9.17, 15) is 9.59 Å². The molecule has 0 unspecified atom stereocenters. The Morgan fingerprint density at radius 3 is 2.71 bits per heavy atom. The highest BCUT2D eigenvalue weighted by Gasteiger charge is 2.49. The Morgan fingerprint density at radius 1 is 1.18 bits per heavy atom. The summed E-state index contributed by atoms with van der Waals surface area (Å²) in [6.45, 7) is 3.24. The van der Waals surface area contributed by atoms with Crippen molar-refractivity contribution in [3.8, 4) is 0 Å². The number of benzene rings is 2. The highest BCUT2D eigenvalue weighted by Crippen LogP contribution is 2.37. The number of carbonyl (C=O) groups excluding carboxylic acids is 2. The summed E-state index contributed by atoms with van der Waals surface area (Å²) < 4.78 is 5.91. The molecule has 2 atom stereocenters. The van der Waals surface area contributed by atoms with Crippen molar-refractivity contribution in [2.45, 2.75) is 37.8 Å². The van der Waals surface area contributed by atoms with Crippen LogP contribution in [0.2, 0.25) is 0 Å². The van der Waals surface area contributed by atoms with Gasteiger partial charge in [-0.05, 0) is 36.5 Å². The van der Waals surface area contributed by atoms with Crippen molar-refractivity contribution >= 4 is 11.8 Å². The van der Waals surface area contributed by atoms with Gasteiger partial charge in [0.05, 0.1) is 5.54 Å². The van der Waals surface area contributed by atoms with E-state index < -0.39 is 5.54 Å². The lowest BCUT2D eigenvalue weighted by Gasteiger charge is -2.50. The number of amides is 2. The summed E-state index contributed by atoms with van der Waals surface area (Å²) in [6.07, 6.45) is 1.66. The van der Waals surface area contributed by atoms with Gasteiger partial charge < -0.3 is 15.0 Å². The highest BCUT2D eigenvalue weighted by atomic mass is 16.5. The van der Waals surface area contributed by atoms with E-state index in [2.05, 4.69) is 24.4 Å². The number of morpholine rings is 1. The molecule has 0 aromatic heterocycles. The van der Waals surface area contributed by atoms with Gasteiger partial charge in [-0.15, -0.1) is 0 Å². The monoisotopic (exact) mass is 378 g/mol. The number of aryl methyl sites for hydroxylation is 2. The average Bonchev–Trinajstić information content (AvgIpc) is 2.73. The Kier molecular flexibility index (Phi) is 5.18. The van der Waals surface area contributed by atoms with Gasteiger partial charge in [-0.25, -0.2) is 0 Å². The number of rotatable bonds is 4. The maximum absolute atomic E-state index is 12.8. The minimum atomic E-state index is -0.552. The van der Waals surface area contributed by atoms with Gasteiger partial charge in [0.2, 0.25) is 11.8 Å². The van der Waals surface area contributed by atoms with E-state index in [1.54, 1.807) is 0 Å². The Balaban J connectivity index is 1.47. The van der Waals surface area contributed by atoms with Gasteiger partial charge in [0.1, 0.15) is 12.7 Å². The van der Waals surface area contributed by atoms with Crippen LogP contribution in [-0.2, 0) is 26.3 Å². The average molecular weight is 378 g/mol. The predicted octanol–water partition coefficient (Wildman–Crippen LogP) is 2.57.